The Bertz CT molecular complexity index is 563. The number of carboxylic acids is 1. The van der Waals surface area contributed by atoms with Gasteiger partial charge < -0.3 is 10.0 Å². The highest BCUT2D eigenvalue weighted by Gasteiger charge is 2.48. The summed E-state index contributed by atoms with van der Waals surface area (Å²) in [6, 6.07) is 4.15. The van der Waals surface area contributed by atoms with Crippen molar-refractivity contribution in [1.29, 1.82) is 0 Å². The molecule has 1 aliphatic heterocycles. The van der Waals surface area contributed by atoms with Crippen LogP contribution in [-0.4, -0.2) is 34.0 Å². The molecule has 0 aromatic heterocycles. The van der Waals surface area contributed by atoms with Crippen LogP contribution in [0.5, 0.6) is 0 Å². The number of benzene rings is 1. The molecule has 4 nitrogen and oxygen atoms in total. The maximum absolute atomic E-state index is 13.9. The lowest BCUT2D eigenvalue weighted by molar-refractivity contribution is -0.148. The van der Waals surface area contributed by atoms with Gasteiger partial charge in [0.05, 0.1) is 5.56 Å². The summed E-state index contributed by atoms with van der Waals surface area (Å²) in [6.45, 7) is 2.08. The first-order valence-electron chi connectivity index (χ1n) is 6.43. The zero-order valence-electron chi connectivity index (χ0n) is 11.0. The molecule has 0 radical (unpaired) electrons. The van der Waals surface area contributed by atoms with Gasteiger partial charge in [0.15, 0.2) is 0 Å². The molecule has 1 N–H and O–H groups in total. The third kappa shape index (κ3) is 2.32. The van der Waals surface area contributed by atoms with Crippen molar-refractivity contribution < 1.29 is 19.1 Å². The Hall–Kier alpha value is -1.43. The maximum atomic E-state index is 13.9. The van der Waals surface area contributed by atoms with Gasteiger partial charge in [-0.1, -0.05) is 22.9 Å². The lowest BCUT2D eigenvalue weighted by Crippen LogP contribution is -2.52. The number of likely N-dealkylation sites (tertiary alicyclic amines) is 1. The highest BCUT2D eigenvalue weighted by atomic mass is 79.9. The van der Waals surface area contributed by atoms with E-state index >= 15 is 0 Å². The van der Waals surface area contributed by atoms with Crippen LogP contribution < -0.4 is 0 Å². The van der Waals surface area contributed by atoms with Gasteiger partial charge in [-0.05, 0) is 37.5 Å². The van der Waals surface area contributed by atoms with Crippen LogP contribution in [0.4, 0.5) is 4.39 Å². The van der Waals surface area contributed by atoms with Gasteiger partial charge in [-0.2, -0.15) is 0 Å². The van der Waals surface area contributed by atoms with Crippen LogP contribution in [0.2, 0.25) is 0 Å². The van der Waals surface area contributed by atoms with Gasteiger partial charge in [-0.3, -0.25) is 4.79 Å². The second kappa shape index (κ2) is 5.52. The Morgan fingerprint density at radius 2 is 2.20 bits per heavy atom. The molecule has 1 aromatic carbocycles. The maximum Gasteiger partial charge on any atom is 0.329 e. The molecule has 1 saturated heterocycles. The van der Waals surface area contributed by atoms with E-state index in [1.807, 2.05) is 0 Å². The molecule has 2 rings (SSSR count). The number of nitrogens with zero attached hydrogens (tertiary/aromatic N) is 1. The molecule has 1 amide bonds. The average Bonchev–Trinajstić information content (AvgIpc) is 2.83. The van der Waals surface area contributed by atoms with Crippen molar-refractivity contribution in [3.63, 3.8) is 0 Å². The molecule has 1 heterocycles. The van der Waals surface area contributed by atoms with Crippen LogP contribution in [0, 0.1) is 5.82 Å². The van der Waals surface area contributed by atoms with Crippen LogP contribution in [0.1, 0.15) is 36.5 Å². The molecule has 0 aliphatic carbocycles. The van der Waals surface area contributed by atoms with Crippen LogP contribution >= 0.6 is 15.9 Å². The molecule has 1 atom stereocenters. The van der Waals surface area contributed by atoms with Crippen molar-refractivity contribution in [3.8, 4) is 0 Å². The summed E-state index contributed by atoms with van der Waals surface area (Å²) in [4.78, 5) is 25.3. The van der Waals surface area contributed by atoms with Crippen molar-refractivity contribution in [1.82, 2.24) is 4.90 Å². The van der Waals surface area contributed by atoms with E-state index in [-0.39, 0.29) is 5.56 Å². The average molecular weight is 344 g/mol. The van der Waals surface area contributed by atoms with E-state index in [9.17, 15) is 19.1 Å². The van der Waals surface area contributed by atoms with Crippen molar-refractivity contribution in [2.75, 3.05) is 6.54 Å². The van der Waals surface area contributed by atoms with E-state index < -0.39 is 23.2 Å². The van der Waals surface area contributed by atoms with Crippen molar-refractivity contribution in [3.05, 3.63) is 34.1 Å². The van der Waals surface area contributed by atoms with Crippen LogP contribution in [-0.2, 0) is 4.79 Å². The van der Waals surface area contributed by atoms with Gasteiger partial charge in [0.1, 0.15) is 11.4 Å². The standard InChI is InChI=1S/C14H15BrFNO3/c1-2-14(13(19)20)6-3-7-17(14)12(18)10-5-4-9(15)8-11(10)16/h4-5,8H,2-3,6-7H2,1H3,(H,19,20). The number of hydrogen-bond donors (Lipinski definition) is 1. The van der Waals surface area contributed by atoms with Gasteiger partial charge in [0.2, 0.25) is 0 Å². The molecule has 0 spiro atoms. The number of carbonyl (C=O) groups is 2. The molecule has 6 heteroatoms. The Kier molecular flexibility index (Phi) is 4.13. The number of halogens is 2. The number of amides is 1. The minimum atomic E-state index is -1.21. The number of carbonyl (C=O) groups excluding carboxylic acids is 1. The topological polar surface area (TPSA) is 57.6 Å². The van der Waals surface area contributed by atoms with E-state index in [0.717, 1.165) is 0 Å². The van der Waals surface area contributed by atoms with E-state index in [1.54, 1.807) is 13.0 Å². The van der Waals surface area contributed by atoms with E-state index in [0.29, 0.717) is 30.3 Å². The number of aliphatic carboxylic acids is 1. The Morgan fingerprint density at radius 1 is 1.50 bits per heavy atom. The zero-order valence-corrected chi connectivity index (χ0v) is 12.6. The number of hydrogen-bond acceptors (Lipinski definition) is 2. The Balaban J connectivity index is 2.39. The SMILES string of the molecule is CCC1(C(=O)O)CCCN1C(=O)c1ccc(Br)cc1F. The molecule has 1 fully saturated rings. The molecule has 20 heavy (non-hydrogen) atoms. The lowest BCUT2D eigenvalue weighted by Gasteiger charge is -2.34. The summed E-state index contributed by atoms with van der Waals surface area (Å²) in [5.74, 6) is -2.23. The summed E-state index contributed by atoms with van der Waals surface area (Å²) in [5, 5.41) is 9.45. The van der Waals surface area contributed by atoms with E-state index in [4.69, 9.17) is 0 Å². The van der Waals surface area contributed by atoms with Gasteiger partial charge in [0, 0.05) is 11.0 Å². The summed E-state index contributed by atoms with van der Waals surface area (Å²) < 4.78 is 14.4. The van der Waals surface area contributed by atoms with Crippen molar-refractivity contribution in [2.24, 2.45) is 0 Å². The van der Waals surface area contributed by atoms with Gasteiger partial charge >= 0.3 is 5.97 Å². The van der Waals surface area contributed by atoms with Crippen molar-refractivity contribution in [2.45, 2.75) is 31.7 Å². The molecule has 108 valence electrons. The summed E-state index contributed by atoms with van der Waals surface area (Å²) in [7, 11) is 0. The second-order valence-corrected chi connectivity index (χ2v) is 5.79. The van der Waals surface area contributed by atoms with Gasteiger partial charge in [-0.15, -0.1) is 0 Å². The number of carboxylic acid groups (broad SMARTS) is 1. The summed E-state index contributed by atoms with van der Waals surface area (Å²) >= 11 is 3.13. The van der Waals surface area contributed by atoms with E-state index in [1.165, 1.54) is 17.0 Å². The van der Waals surface area contributed by atoms with Gasteiger partial charge in [0.25, 0.3) is 5.91 Å². The largest absolute Gasteiger partial charge is 0.479 e. The predicted octanol–water partition coefficient (Wildman–Crippen LogP) is 3.06. The molecule has 0 bridgehead atoms. The molecular weight excluding hydrogens is 329 g/mol. The minimum absolute atomic E-state index is 0.0887. The monoisotopic (exact) mass is 343 g/mol. The molecule has 0 saturated carbocycles. The predicted molar refractivity (Wildman–Crippen MR) is 75.0 cm³/mol. The van der Waals surface area contributed by atoms with Crippen molar-refractivity contribution >= 4 is 27.8 Å². The van der Waals surface area contributed by atoms with Gasteiger partial charge in [-0.25, -0.2) is 9.18 Å². The summed E-state index contributed by atoms with van der Waals surface area (Å²) in [5.41, 5.74) is -1.30. The highest BCUT2D eigenvalue weighted by molar-refractivity contribution is 9.10. The molecule has 1 aromatic rings. The minimum Gasteiger partial charge on any atom is -0.479 e. The first-order chi connectivity index (χ1) is 9.42. The first-order valence-corrected chi connectivity index (χ1v) is 7.22. The van der Waals surface area contributed by atoms with Crippen LogP contribution in [0.25, 0.3) is 0 Å². The zero-order chi connectivity index (χ0) is 14.9. The van der Waals surface area contributed by atoms with Crippen LogP contribution in [0.3, 0.4) is 0 Å². The second-order valence-electron chi connectivity index (χ2n) is 4.87. The van der Waals surface area contributed by atoms with E-state index in [2.05, 4.69) is 15.9 Å². The molecule has 1 aliphatic rings. The molecular formula is C14H15BrFNO3. The highest BCUT2D eigenvalue weighted by Crippen LogP contribution is 2.34. The normalized spacial score (nSPS) is 22.1. The first kappa shape index (κ1) is 15.0. The smallest absolute Gasteiger partial charge is 0.329 e. The lowest BCUT2D eigenvalue weighted by atomic mass is 9.92. The molecule has 1 unspecified atom stereocenters. The summed E-state index contributed by atoms with van der Waals surface area (Å²) in [6.07, 6.45) is 1.33. The third-order valence-corrected chi connectivity index (χ3v) is 4.37. The Morgan fingerprint density at radius 3 is 2.75 bits per heavy atom. The quantitative estimate of drug-likeness (QED) is 0.917. The number of rotatable bonds is 3. The van der Waals surface area contributed by atoms with Crippen LogP contribution in [0.15, 0.2) is 22.7 Å². The Labute approximate surface area is 124 Å². The fraction of sp³-hybridized carbons (Fsp3) is 0.429. The fourth-order valence-electron chi connectivity index (χ4n) is 2.72. The fourth-order valence-corrected chi connectivity index (χ4v) is 3.06. The third-order valence-electron chi connectivity index (χ3n) is 3.88.